The lowest BCUT2D eigenvalue weighted by atomic mass is 10.1. The van der Waals surface area contributed by atoms with Crippen LogP contribution in [0.3, 0.4) is 0 Å². The number of nitrogens with zero attached hydrogens (tertiary/aromatic N) is 1. The van der Waals surface area contributed by atoms with E-state index in [1.807, 2.05) is 26.0 Å². The monoisotopic (exact) mass is 251 g/mol. The van der Waals surface area contributed by atoms with Gasteiger partial charge in [0, 0.05) is 16.0 Å². The number of rotatable bonds is 2. The first-order valence-corrected chi connectivity index (χ1v) is 6.01. The van der Waals surface area contributed by atoms with Crippen molar-refractivity contribution < 1.29 is 4.79 Å². The Labute approximate surface area is 103 Å². The molecule has 0 saturated carbocycles. The van der Waals surface area contributed by atoms with Crippen LogP contribution in [0.15, 0.2) is 24.3 Å². The predicted octanol–water partition coefficient (Wildman–Crippen LogP) is 3.81. The van der Waals surface area contributed by atoms with Crippen LogP contribution in [0.2, 0.25) is 0 Å². The number of aryl methyl sites for hydroxylation is 2. The molecule has 16 heavy (non-hydrogen) atoms. The van der Waals surface area contributed by atoms with Crippen molar-refractivity contribution in [1.82, 2.24) is 4.98 Å². The van der Waals surface area contributed by atoms with E-state index in [-0.39, 0.29) is 0 Å². The number of hydrogen-bond donors (Lipinski definition) is 0. The van der Waals surface area contributed by atoms with Crippen molar-refractivity contribution in [2.45, 2.75) is 13.8 Å². The Morgan fingerprint density at radius 3 is 2.69 bits per heavy atom. The maximum absolute atomic E-state index is 11.0. The molecule has 0 unspecified atom stereocenters. The topological polar surface area (TPSA) is 30.0 Å². The van der Waals surface area contributed by atoms with E-state index < -0.39 is 5.24 Å². The first-order valence-electron chi connectivity index (χ1n) is 4.82. The molecule has 0 spiro atoms. The molecule has 0 amide bonds. The first-order chi connectivity index (χ1) is 7.58. The van der Waals surface area contributed by atoms with E-state index >= 15 is 0 Å². The van der Waals surface area contributed by atoms with Gasteiger partial charge < -0.3 is 0 Å². The van der Waals surface area contributed by atoms with Gasteiger partial charge in [-0.25, -0.2) is 4.98 Å². The molecule has 1 aromatic heterocycles. The smallest absolute Gasteiger partial charge is 0.252 e. The van der Waals surface area contributed by atoms with Crippen LogP contribution in [-0.2, 0) is 0 Å². The summed E-state index contributed by atoms with van der Waals surface area (Å²) in [6, 6.07) is 7.22. The number of aromatic nitrogens is 1. The minimum absolute atomic E-state index is 0.438. The summed E-state index contributed by atoms with van der Waals surface area (Å²) in [4.78, 5) is 16.7. The molecule has 0 radical (unpaired) electrons. The van der Waals surface area contributed by atoms with Crippen LogP contribution in [0.5, 0.6) is 0 Å². The quantitative estimate of drug-likeness (QED) is 0.760. The van der Waals surface area contributed by atoms with Crippen molar-refractivity contribution in [3.05, 3.63) is 40.4 Å². The van der Waals surface area contributed by atoms with Crippen LogP contribution in [-0.4, -0.2) is 10.2 Å². The van der Waals surface area contributed by atoms with E-state index in [1.54, 1.807) is 23.5 Å². The number of carbonyl (C=O) groups excluding carboxylic acids is 1. The van der Waals surface area contributed by atoms with Gasteiger partial charge in [-0.1, -0.05) is 18.2 Å². The number of carbonyl (C=O) groups is 1. The molecule has 0 saturated heterocycles. The highest BCUT2D eigenvalue weighted by atomic mass is 35.5. The van der Waals surface area contributed by atoms with Gasteiger partial charge in [0.15, 0.2) is 0 Å². The Balaban J connectivity index is 2.48. The van der Waals surface area contributed by atoms with Gasteiger partial charge in [0.25, 0.3) is 5.24 Å². The molecule has 2 nitrogen and oxygen atoms in total. The third-order valence-electron chi connectivity index (χ3n) is 2.37. The minimum Gasteiger partial charge on any atom is -0.276 e. The van der Waals surface area contributed by atoms with E-state index in [9.17, 15) is 4.79 Å². The van der Waals surface area contributed by atoms with Gasteiger partial charge in [0.05, 0.1) is 5.69 Å². The Kier molecular flexibility index (Phi) is 3.08. The van der Waals surface area contributed by atoms with Crippen LogP contribution in [0, 0.1) is 13.8 Å². The van der Waals surface area contributed by atoms with Crippen molar-refractivity contribution in [2.24, 2.45) is 0 Å². The second kappa shape index (κ2) is 4.36. The Morgan fingerprint density at radius 2 is 2.12 bits per heavy atom. The largest absolute Gasteiger partial charge is 0.276 e. The van der Waals surface area contributed by atoms with E-state index in [0.29, 0.717) is 5.56 Å². The molecule has 2 rings (SSSR count). The molecule has 0 aliphatic rings. The highest BCUT2D eigenvalue weighted by molar-refractivity contribution is 7.15. The maximum atomic E-state index is 11.0. The number of thiazole rings is 1. The molecule has 0 bridgehead atoms. The van der Waals surface area contributed by atoms with Crippen LogP contribution in [0.1, 0.15) is 20.9 Å². The molecule has 0 atom stereocenters. The van der Waals surface area contributed by atoms with Crippen LogP contribution >= 0.6 is 22.9 Å². The zero-order chi connectivity index (χ0) is 11.7. The molecule has 82 valence electrons. The average molecular weight is 252 g/mol. The molecular weight excluding hydrogens is 242 g/mol. The number of halogens is 1. The van der Waals surface area contributed by atoms with Gasteiger partial charge in [0.2, 0.25) is 0 Å². The summed E-state index contributed by atoms with van der Waals surface area (Å²) in [7, 11) is 0. The Bertz CT molecular complexity index is 528. The fraction of sp³-hybridized carbons (Fsp3) is 0.167. The van der Waals surface area contributed by atoms with Gasteiger partial charge in [-0.15, -0.1) is 11.3 Å². The Hall–Kier alpha value is -1.19. The zero-order valence-corrected chi connectivity index (χ0v) is 10.5. The summed E-state index contributed by atoms with van der Waals surface area (Å²) in [6.45, 7) is 4.01. The molecule has 0 aliphatic carbocycles. The third-order valence-corrected chi connectivity index (χ3v) is 3.71. The van der Waals surface area contributed by atoms with Gasteiger partial charge in [-0.3, -0.25) is 4.79 Å². The summed E-state index contributed by atoms with van der Waals surface area (Å²) >= 11 is 7.07. The van der Waals surface area contributed by atoms with E-state index in [1.165, 1.54) is 4.88 Å². The minimum atomic E-state index is -0.438. The lowest BCUT2D eigenvalue weighted by Gasteiger charge is -1.98. The predicted molar refractivity (Wildman–Crippen MR) is 67.2 cm³/mol. The van der Waals surface area contributed by atoms with Crippen molar-refractivity contribution in [3.63, 3.8) is 0 Å². The molecule has 2 aromatic rings. The summed E-state index contributed by atoms with van der Waals surface area (Å²) < 4.78 is 0. The van der Waals surface area contributed by atoms with E-state index in [2.05, 4.69) is 4.98 Å². The zero-order valence-electron chi connectivity index (χ0n) is 8.95. The molecule has 4 heteroatoms. The highest BCUT2D eigenvalue weighted by Gasteiger charge is 2.08. The summed E-state index contributed by atoms with van der Waals surface area (Å²) in [5.74, 6) is 0. The van der Waals surface area contributed by atoms with Gasteiger partial charge in [0.1, 0.15) is 5.01 Å². The van der Waals surface area contributed by atoms with Crippen LogP contribution in [0.4, 0.5) is 0 Å². The summed E-state index contributed by atoms with van der Waals surface area (Å²) in [5.41, 5.74) is 2.47. The van der Waals surface area contributed by atoms with Crippen LogP contribution < -0.4 is 0 Å². The molecule has 0 N–H and O–H groups in total. The number of hydrogen-bond acceptors (Lipinski definition) is 3. The van der Waals surface area contributed by atoms with Crippen molar-refractivity contribution in [2.75, 3.05) is 0 Å². The van der Waals surface area contributed by atoms with Gasteiger partial charge >= 0.3 is 0 Å². The summed E-state index contributed by atoms with van der Waals surface area (Å²) in [6.07, 6.45) is 0. The van der Waals surface area contributed by atoms with E-state index in [4.69, 9.17) is 11.6 Å². The second-order valence-corrected chi connectivity index (χ2v) is 5.06. The second-order valence-electron chi connectivity index (χ2n) is 3.52. The molecule has 0 aliphatic heterocycles. The number of benzene rings is 1. The van der Waals surface area contributed by atoms with Crippen molar-refractivity contribution in [3.8, 4) is 10.6 Å². The van der Waals surface area contributed by atoms with E-state index in [0.717, 1.165) is 16.3 Å². The molecule has 0 fully saturated rings. The SMILES string of the molecule is Cc1nc(-c2cccc(C(=O)Cl)c2)sc1C. The van der Waals surface area contributed by atoms with Gasteiger partial charge in [-0.05, 0) is 31.5 Å². The standard InChI is InChI=1S/C12H10ClNOS/c1-7-8(2)16-12(14-7)10-5-3-4-9(6-10)11(13)15/h3-6H,1-2H3. The Morgan fingerprint density at radius 1 is 1.38 bits per heavy atom. The lowest BCUT2D eigenvalue weighted by molar-refractivity contribution is 0.108. The highest BCUT2D eigenvalue weighted by Crippen LogP contribution is 2.27. The summed E-state index contributed by atoms with van der Waals surface area (Å²) in [5, 5.41) is 0.488. The van der Waals surface area contributed by atoms with Gasteiger partial charge in [-0.2, -0.15) is 0 Å². The van der Waals surface area contributed by atoms with Crippen molar-refractivity contribution >= 4 is 28.2 Å². The molecule has 1 aromatic carbocycles. The average Bonchev–Trinajstić information content (AvgIpc) is 2.59. The maximum Gasteiger partial charge on any atom is 0.252 e. The third kappa shape index (κ3) is 2.15. The van der Waals surface area contributed by atoms with Crippen LogP contribution in [0.25, 0.3) is 10.6 Å². The van der Waals surface area contributed by atoms with Crippen molar-refractivity contribution in [1.29, 1.82) is 0 Å². The molecule has 1 heterocycles. The molecular formula is C12H10ClNOS. The fourth-order valence-electron chi connectivity index (χ4n) is 1.37. The fourth-order valence-corrected chi connectivity index (χ4v) is 2.40. The lowest BCUT2D eigenvalue weighted by Crippen LogP contribution is -1.88. The first kappa shape index (κ1) is 11.3. The normalized spacial score (nSPS) is 10.4.